The van der Waals surface area contributed by atoms with E-state index in [1.807, 2.05) is 6.92 Å². The van der Waals surface area contributed by atoms with Crippen molar-refractivity contribution in [2.24, 2.45) is 0 Å². The highest BCUT2D eigenvalue weighted by atomic mass is 32.2. The summed E-state index contributed by atoms with van der Waals surface area (Å²) in [4.78, 5) is 0. The second-order valence-corrected chi connectivity index (χ2v) is 6.43. The number of nitrogens with one attached hydrogen (secondary N) is 1. The molecule has 2 aliphatic carbocycles. The fourth-order valence-electron chi connectivity index (χ4n) is 1.33. The van der Waals surface area contributed by atoms with Gasteiger partial charge in [0.25, 0.3) is 0 Å². The molecule has 70 valence electrons. The highest BCUT2D eigenvalue weighted by molar-refractivity contribution is 7.91. The molecule has 2 saturated carbocycles. The first-order valence-corrected chi connectivity index (χ1v) is 6.04. The van der Waals surface area contributed by atoms with Crippen molar-refractivity contribution in [3.63, 3.8) is 0 Å². The standard InChI is InChI=1S/C8H15NO2S/c1-8(5-6-8)12(10,11)9-7-3-2-4-7/h7,9H,2-6H2,1H3. The normalized spacial score (nSPS) is 28.1. The monoisotopic (exact) mass is 189 g/mol. The molecule has 0 aliphatic heterocycles. The lowest BCUT2D eigenvalue weighted by Crippen LogP contribution is -2.44. The van der Waals surface area contributed by atoms with E-state index in [1.54, 1.807) is 0 Å². The Bertz CT molecular complexity index is 275. The Balaban J connectivity index is 2.01. The van der Waals surface area contributed by atoms with Gasteiger partial charge < -0.3 is 0 Å². The molecule has 0 bridgehead atoms. The fourth-order valence-corrected chi connectivity index (χ4v) is 2.93. The van der Waals surface area contributed by atoms with Crippen LogP contribution < -0.4 is 4.72 Å². The van der Waals surface area contributed by atoms with Crippen LogP contribution in [0.1, 0.15) is 39.0 Å². The zero-order valence-electron chi connectivity index (χ0n) is 7.34. The molecule has 0 unspecified atom stereocenters. The third kappa shape index (κ3) is 1.27. The molecule has 2 aliphatic rings. The van der Waals surface area contributed by atoms with Crippen LogP contribution in [0.3, 0.4) is 0 Å². The van der Waals surface area contributed by atoms with Gasteiger partial charge in [-0.05, 0) is 32.6 Å². The summed E-state index contributed by atoms with van der Waals surface area (Å²) in [5, 5.41) is 0. The average molecular weight is 189 g/mol. The molecule has 0 spiro atoms. The first-order valence-electron chi connectivity index (χ1n) is 4.55. The van der Waals surface area contributed by atoms with E-state index in [1.165, 1.54) is 6.42 Å². The van der Waals surface area contributed by atoms with Gasteiger partial charge in [-0.3, -0.25) is 0 Å². The van der Waals surface area contributed by atoms with Crippen LogP contribution in [-0.4, -0.2) is 19.2 Å². The molecule has 3 nitrogen and oxygen atoms in total. The van der Waals surface area contributed by atoms with Gasteiger partial charge in [-0.25, -0.2) is 13.1 Å². The highest BCUT2D eigenvalue weighted by Crippen LogP contribution is 2.42. The summed E-state index contributed by atoms with van der Waals surface area (Å²) in [6, 6.07) is 0.243. The second-order valence-electron chi connectivity index (χ2n) is 4.20. The first kappa shape index (κ1) is 8.51. The number of hydrogen-bond donors (Lipinski definition) is 1. The van der Waals surface area contributed by atoms with Crippen LogP contribution in [0, 0.1) is 0 Å². The van der Waals surface area contributed by atoms with Crippen LogP contribution >= 0.6 is 0 Å². The maximum absolute atomic E-state index is 11.6. The summed E-state index contributed by atoms with van der Waals surface area (Å²) in [5.41, 5.74) is 0. The molecule has 2 rings (SSSR count). The third-order valence-electron chi connectivity index (χ3n) is 3.03. The summed E-state index contributed by atoms with van der Waals surface area (Å²) < 4.78 is 25.6. The summed E-state index contributed by atoms with van der Waals surface area (Å²) >= 11 is 0. The molecule has 0 aromatic heterocycles. The number of sulfonamides is 1. The Hall–Kier alpha value is -0.0900. The molecule has 12 heavy (non-hydrogen) atoms. The third-order valence-corrected chi connectivity index (χ3v) is 5.38. The van der Waals surface area contributed by atoms with Crippen LogP contribution in [0.15, 0.2) is 0 Å². The minimum Gasteiger partial charge on any atom is -0.212 e. The van der Waals surface area contributed by atoms with Gasteiger partial charge in [-0.1, -0.05) is 6.42 Å². The van der Waals surface area contributed by atoms with E-state index in [0.29, 0.717) is 0 Å². The van der Waals surface area contributed by atoms with Gasteiger partial charge >= 0.3 is 0 Å². The minimum atomic E-state index is -3.00. The Morgan fingerprint density at radius 2 is 1.92 bits per heavy atom. The second kappa shape index (κ2) is 2.45. The molecule has 2 fully saturated rings. The molecular formula is C8H15NO2S. The zero-order valence-corrected chi connectivity index (χ0v) is 8.15. The van der Waals surface area contributed by atoms with Crippen LogP contribution in [0.25, 0.3) is 0 Å². The van der Waals surface area contributed by atoms with Gasteiger partial charge in [-0.15, -0.1) is 0 Å². The smallest absolute Gasteiger partial charge is 0.212 e. The molecule has 0 amide bonds. The van der Waals surface area contributed by atoms with E-state index in [4.69, 9.17) is 0 Å². The van der Waals surface area contributed by atoms with Crippen molar-refractivity contribution in [3.8, 4) is 0 Å². The Morgan fingerprint density at radius 1 is 1.33 bits per heavy atom. The van der Waals surface area contributed by atoms with E-state index in [2.05, 4.69) is 4.72 Å². The molecule has 0 aromatic carbocycles. The van der Waals surface area contributed by atoms with Crippen LogP contribution in [0.4, 0.5) is 0 Å². The summed E-state index contributed by atoms with van der Waals surface area (Å²) in [7, 11) is -3.00. The van der Waals surface area contributed by atoms with Gasteiger partial charge in [-0.2, -0.15) is 0 Å². The van der Waals surface area contributed by atoms with E-state index < -0.39 is 14.8 Å². The van der Waals surface area contributed by atoms with Gasteiger partial charge in [0, 0.05) is 6.04 Å². The van der Waals surface area contributed by atoms with Crippen LogP contribution in [0.5, 0.6) is 0 Å². The van der Waals surface area contributed by atoms with E-state index >= 15 is 0 Å². The van der Waals surface area contributed by atoms with Crippen molar-refractivity contribution in [2.45, 2.75) is 49.8 Å². The minimum absolute atomic E-state index is 0.243. The van der Waals surface area contributed by atoms with E-state index in [-0.39, 0.29) is 6.04 Å². The number of rotatable bonds is 3. The van der Waals surface area contributed by atoms with Gasteiger partial charge in [0.2, 0.25) is 10.0 Å². The van der Waals surface area contributed by atoms with Crippen LogP contribution in [-0.2, 0) is 10.0 Å². The van der Waals surface area contributed by atoms with Crippen molar-refractivity contribution >= 4 is 10.0 Å². The van der Waals surface area contributed by atoms with Gasteiger partial charge in [0.05, 0.1) is 4.75 Å². The Labute approximate surface area is 73.6 Å². The predicted octanol–water partition coefficient (Wildman–Crippen LogP) is 1.01. The van der Waals surface area contributed by atoms with Gasteiger partial charge in [0.1, 0.15) is 0 Å². The van der Waals surface area contributed by atoms with Crippen molar-refractivity contribution in [1.82, 2.24) is 4.72 Å². The summed E-state index contributed by atoms with van der Waals surface area (Å²) in [6.07, 6.45) is 4.87. The van der Waals surface area contributed by atoms with Crippen molar-refractivity contribution < 1.29 is 8.42 Å². The predicted molar refractivity (Wildman–Crippen MR) is 47.3 cm³/mol. The van der Waals surface area contributed by atoms with Crippen molar-refractivity contribution in [1.29, 1.82) is 0 Å². The Kier molecular flexibility index (Phi) is 1.74. The molecule has 0 atom stereocenters. The topological polar surface area (TPSA) is 46.2 Å². The molecule has 0 radical (unpaired) electrons. The molecule has 0 heterocycles. The zero-order chi connectivity index (χ0) is 8.82. The molecular weight excluding hydrogens is 174 g/mol. The molecule has 0 aromatic rings. The molecule has 4 heteroatoms. The quantitative estimate of drug-likeness (QED) is 0.720. The van der Waals surface area contributed by atoms with Gasteiger partial charge in [0.15, 0.2) is 0 Å². The lowest BCUT2D eigenvalue weighted by atomic mass is 9.94. The van der Waals surface area contributed by atoms with Crippen molar-refractivity contribution in [3.05, 3.63) is 0 Å². The molecule has 1 N–H and O–H groups in total. The SMILES string of the molecule is CC1(S(=O)(=O)NC2CCC2)CC1. The molecule has 0 saturated heterocycles. The summed E-state index contributed by atoms with van der Waals surface area (Å²) in [6.45, 7) is 1.83. The fraction of sp³-hybridized carbons (Fsp3) is 1.00. The largest absolute Gasteiger partial charge is 0.217 e. The highest BCUT2D eigenvalue weighted by Gasteiger charge is 2.50. The van der Waals surface area contributed by atoms with Crippen molar-refractivity contribution in [2.75, 3.05) is 0 Å². The lowest BCUT2D eigenvalue weighted by molar-refractivity contribution is 0.381. The van der Waals surface area contributed by atoms with E-state index in [0.717, 1.165) is 25.7 Å². The first-order chi connectivity index (χ1) is 5.54. The maximum Gasteiger partial charge on any atom is 0.217 e. The summed E-state index contributed by atoms with van der Waals surface area (Å²) in [5.74, 6) is 0. The number of hydrogen-bond acceptors (Lipinski definition) is 2. The lowest BCUT2D eigenvalue weighted by Gasteiger charge is -2.27. The Morgan fingerprint density at radius 3 is 2.25 bits per heavy atom. The van der Waals surface area contributed by atoms with E-state index in [9.17, 15) is 8.42 Å². The average Bonchev–Trinajstić information content (AvgIpc) is 2.61. The maximum atomic E-state index is 11.6. The van der Waals surface area contributed by atoms with Crippen LogP contribution in [0.2, 0.25) is 0 Å².